The highest BCUT2D eigenvalue weighted by Gasteiger charge is 2.38. The number of aliphatic hydroxyl groups is 1. The monoisotopic (exact) mass is 338 g/mol. The summed E-state index contributed by atoms with van der Waals surface area (Å²) in [6.07, 6.45) is 3.09. The minimum atomic E-state index is -0.710. The summed E-state index contributed by atoms with van der Waals surface area (Å²) >= 11 is 0. The van der Waals surface area contributed by atoms with E-state index in [1.165, 1.54) is 5.56 Å². The van der Waals surface area contributed by atoms with E-state index in [1.54, 1.807) is 6.33 Å². The SMILES string of the molecule is C[C@@]1(O)CCN(c2nc(N)nc3nc[nH]c23)C[C@@H]1Cc1ccccc1. The van der Waals surface area contributed by atoms with Crippen LogP contribution in [-0.2, 0) is 6.42 Å². The number of fused-ring (bicyclic) bond motifs is 1. The molecule has 1 fully saturated rings. The summed E-state index contributed by atoms with van der Waals surface area (Å²) in [7, 11) is 0. The maximum Gasteiger partial charge on any atom is 0.224 e. The van der Waals surface area contributed by atoms with E-state index in [0.29, 0.717) is 25.2 Å². The summed E-state index contributed by atoms with van der Waals surface area (Å²) in [5, 5.41) is 10.9. The van der Waals surface area contributed by atoms with Crippen molar-refractivity contribution >= 4 is 22.9 Å². The quantitative estimate of drug-likeness (QED) is 0.672. The van der Waals surface area contributed by atoms with Crippen molar-refractivity contribution in [3.05, 3.63) is 42.2 Å². The molecule has 4 rings (SSSR count). The van der Waals surface area contributed by atoms with Crippen LogP contribution in [0.25, 0.3) is 11.2 Å². The largest absolute Gasteiger partial charge is 0.390 e. The molecular weight excluding hydrogens is 316 g/mol. The highest BCUT2D eigenvalue weighted by molar-refractivity contribution is 5.84. The van der Waals surface area contributed by atoms with Crippen LogP contribution in [0.2, 0.25) is 0 Å². The molecule has 0 aliphatic carbocycles. The Morgan fingerprint density at radius 2 is 2.12 bits per heavy atom. The lowest BCUT2D eigenvalue weighted by Gasteiger charge is -2.43. The molecule has 3 aromatic rings. The van der Waals surface area contributed by atoms with Crippen molar-refractivity contribution in [1.82, 2.24) is 19.9 Å². The number of H-pyrrole nitrogens is 1. The number of nitrogens with two attached hydrogens (primary N) is 1. The van der Waals surface area contributed by atoms with E-state index < -0.39 is 5.60 Å². The lowest BCUT2D eigenvalue weighted by molar-refractivity contribution is -0.0167. The van der Waals surface area contributed by atoms with Crippen molar-refractivity contribution in [3.63, 3.8) is 0 Å². The first-order valence-corrected chi connectivity index (χ1v) is 8.51. The molecular formula is C18H22N6O. The first-order valence-electron chi connectivity index (χ1n) is 8.51. The van der Waals surface area contributed by atoms with E-state index in [1.807, 2.05) is 25.1 Å². The number of benzene rings is 1. The summed E-state index contributed by atoms with van der Waals surface area (Å²) in [6, 6.07) is 10.3. The minimum Gasteiger partial charge on any atom is -0.390 e. The minimum absolute atomic E-state index is 0.0952. The number of nitrogen functional groups attached to an aromatic ring is 1. The highest BCUT2D eigenvalue weighted by atomic mass is 16.3. The number of nitrogens with zero attached hydrogens (tertiary/aromatic N) is 4. The Morgan fingerprint density at radius 3 is 2.92 bits per heavy atom. The van der Waals surface area contributed by atoms with Crippen LogP contribution in [-0.4, -0.2) is 43.7 Å². The Kier molecular flexibility index (Phi) is 3.80. The number of anilines is 2. The van der Waals surface area contributed by atoms with Gasteiger partial charge >= 0.3 is 0 Å². The molecule has 0 bridgehead atoms. The molecule has 1 aromatic carbocycles. The van der Waals surface area contributed by atoms with Crippen LogP contribution < -0.4 is 10.6 Å². The lowest BCUT2D eigenvalue weighted by Crippen LogP contribution is -2.51. The maximum absolute atomic E-state index is 10.9. The van der Waals surface area contributed by atoms with Gasteiger partial charge in [0, 0.05) is 19.0 Å². The Balaban J connectivity index is 1.64. The van der Waals surface area contributed by atoms with Crippen molar-refractivity contribution in [3.8, 4) is 0 Å². The van der Waals surface area contributed by atoms with Crippen LogP contribution in [0.1, 0.15) is 18.9 Å². The van der Waals surface area contributed by atoms with Gasteiger partial charge in [0.1, 0.15) is 5.52 Å². The fourth-order valence-electron chi connectivity index (χ4n) is 3.56. The predicted octanol–water partition coefficient (Wildman–Crippen LogP) is 1.76. The maximum atomic E-state index is 10.9. The molecule has 2 atom stereocenters. The average molecular weight is 338 g/mol. The number of aromatic nitrogens is 4. The van der Waals surface area contributed by atoms with Gasteiger partial charge in [0.05, 0.1) is 11.9 Å². The summed E-state index contributed by atoms with van der Waals surface area (Å²) in [5.41, 5.74) is 7.72. The number of piperidine rings is 1. The van der Waals surface area contributed by atoms with Gasteiger partial charge in [0.2, 0.25) is 5.95 Å². The second-order valence-corrected chi connectivity index (χ2v) is 6.95. The zero-order valence-corrected chi connectivity index (χ0v) is 14.2. The van der Waals surface area contributed by atoms with Crippen LogP contribution in [0.4, 0.5) is 11.8 Å². The Bertz CT molecular complexity index is 876. The van der Waals surface area contributed by atoms with E-state index in [2.05, 4.69) is 37.0 Å². The number of rotatable bonds is 3. The molecule has 1 saturated heterocycles. The van der Waals surface area contributed by atoms with Gasteiger partial charge in [-0.15, -0.1) is 0 Å². The van der Waals surface area contributed by atoms with Gasteiger partial charge in [-0.05, 0) is 25.3 Å². The van der Waals surface area contributed by atoms with E-state index in [-0.39, 0.29) is 11.9 Å². The Labute approximate surface area is 145 Å². The second-order valence-electron chi connectivity index (χ2n) is 6.95. The molecule has 2 aromatic heterocycles. The van der Waals surface area contributed by atoms with E-state index in [0.717, 1.165) is 17.8 Å². The zero-order chi connectivity index (χ0) is 17.4. The molecule has 7 nitrogen and oxygen atoms in total. The molecule has 0 unspecified atom stereocenters. The molecule has 0 amide bonds. The van der Waals surface area contributed by atoms with Gasteiger partial charge < -0.3 is 20.7 Å². The number of aromatic amines is 1. The average Bonchev–Trinajstić information content (AvgIpc) is 3.05. The van der Waals surface area contributed by atoms with Gasteiger partial charge in [0.15, 0.2) is 11.5 Å². The Morgan fingerprint density at radius 1 is 1.32 bits per heavy atom. The molecule has 0 saturated carbocycles. The van der Waals surface area contributed by atoms with Crippen molar-refractivity contribution in [2.24, 2.45) is 5.92 Å². The molecule has 130 valence electrons. The lowest BCUT2D eigenvalue weighted by atomic mass is 9.79. The van der Waals surface area contributed by atoms with Gasteiger partial charge in [-0.25, -0.2) is 4.98 Å². The molecule has 3 heterocycles. The van der Waals surface area contributed by atoms with Crippen molar-refractivity contribution in [2.45, 2.75) is 25.4 Å². The van der Waals surface area contributed by atoms with Gasteiger partial charge in [-0.2, -0.15) is 9.97 Å². The van der Waals surface area contributed by atoms with Crippen LogP contribution in [0.3, 0.4) is 0 Å². The molecule has 0 radical (unpaired) electrons. The highest BCUT2D eigenvalue weighted by Crippen LogP contribution is 2.34. The first-order chi connectivity index (χ1) is 12.0. The summed E-state index contributed by atoms with van der Waals surface area (Å²) in [6.45, 7) is 3.34. The number of imidazole rings is 1. The van der Waals surface area contributed by atoms with E-state index in [4.69, 9.17) is 5.73 Å². The molecule has 4 N–H and O–H groups in total. The fraction of sp³-hybridized carbons (Fsp3) is 0.389. The van der Waals surface area contributed by atoms with Gasteiger partial charge in [-0.3, -0.25) is 0 Å². The standard InChI is InChI=1S/C18H22N6O/c1-18(25)7-8-24(10-13(18)9-12-5-3-2-4-6-12)16-14-15(21-11-20-14)22-17(19)23-16/h2-6,11,13,25H,7-10H2,1H3,(H3,19,20,21,22,23)/t13-,18+/m0/s1. The van der Waals surface area contributed by atoms with Crippen LogP contribution in [0.15, 0.2) is 36.7 Å². The van der Waals surface area contributed by atoms with Gasteiger partial charge in [-0.1, -0.05) is 30.3 Å². The fourth-order valence-corrected chi connectivity index (χ4v) is 3.56. The number of hydrogen-bond donors (Lipinski definition) is 3. The van der Waals surface area contributed by atoms with Crippen molar-refractivity contribution in [1.29, 1.82) is 0 Å². The smallest absolute Gasteiger partial charge is 0.224 e. The normalized spacial score (nSPS) is 23.9. The van der Waals surface area contributed by atoms with Crippen LogP contribution in [0.5, 0.6) is 0 Å². The third-order valence-corrected chi connectivity index (χ3v) is 5.12. The van der Waals surface area contributed by atoms with Crippen molar-refractivity contribution < 1.29 is 5.11 Å². The van der Waals surface area contributed by atoms with Crippen LogP contribution in [0, 0.1) is 5.92 Å². The van der Waals surface area contributed by atoms with Crippen molar-refractivity contribution in [2.75, 3.05) is 23.7 Å². The number of hydrogen-bond acceptors (Lipinski definition) is 6. The zero-order valence-electron chi connectivity index (χ0n) is 14.2. The predicted molar refractivity (Wildman–Crippen MR) is 97.2 cm³/mol. The summed E-state index contributed by atoms with van der Waals surface area (Å²) in [4.78, 5) is 18.0. The van der Waals surface area contributed by atoms with Crippen LogP contribution >= 0.6 is 0 Å². The second kappa shape index (κ2) is 6.00. The van der Waals surface area contributed by atoms with Gasteiger partial charge in [0.25, 0.3) is 0 Å². The molecule has 1 aliphatic heterocycles. The third kappa shape index (κ3) is 3.02. The first kappa shape index (κ1) is 15.8. The van der Waals surface area contributed by atoms with E-state index in [9.17, 15) is 5.11 Å². The summed E-state index contributed by atoms with van der Waals surface area (Å²) < 4.78 is 0. The Hall–Kier alpha value is -2.67. The molecule has 7 heteroatoms. The molecule has 1 aliphatic rings. The number of nitrogens with one attached hydrogen (secondary N) is 1. The molecule has 25 heavy (non-hydrogen) atoms. The summed E-state index contributed by atoms with van der Waals surface area (Å²) in [5.74, 6) is 1.07. The third-order valence-electron chi connectivity index (χ3n) is 5.12. The molecule has 0 spiro atoms. The topological polar surface area (TPSA) is 104 Å². The van der Waals surface area contributed by atoms with E-state index >= 15 is 0 Å².